The van der Waals surface area contributed by atoms with E-state index in [1.807, 2.05) is 0 Å². The molecule has 0 aromatic carbocycles. The Morgan fingerprint density at radius 3 is 2.81 bits per heavy atom. The van der Waals surface area contributed by atoms with E-state index in [1.165, 1.54) is 0 Å². The Labute approximate surface area is 109 Å². The Bertz CT molecular complexity index is 223. The van der Waals surface area contributed by atoms with Gasteiger partial charge in [0.15, 0.2) is 0 Å². The van der Waals surface area contributed by atoms with E-state index in [9.17, 15) is 4.79 Å². The van der Waals surface area contributed by atoms with Gasteiger partial charge in [-0.1, -0.05) is 5.92 Å². The fourth-order valence-corrected chi connectivity index (χ4v) is 1.47. The molecule has 2 N–H and O–H groups in total. The molecule has 0 bridgehead atoms. The molecule has 0 aromatic heterocycles. The topological polar surface area (TPSA) is 44.4 Å². The van der Waals surface area contributed by atoms with Gasteiger partial charge in [-0.3, -0.25) is 9.69 Å². The van der Waals surface area contributed by atoms with Gasteiger partial charge in [0.05, 0.1) is 13.1 Å². The number of nitrogens with zero attached hydrogens (tertiary/aromatic N) is 1. The van der Waals surface area contributed by atoms with Crippen LogP contribution in [0.1, 0.15) is 6.42 Å². The van der Waals surface area contributed by atoms with Crippen LogP contribution >= 0.6 is 24.8 Å². The van der Waals surface area contributed by atoms with Crippen molar-refractivity contribution in [3.63, 3.8) is 0 Å². The van der Waals surface area contributed by atoms with Crippen LogP contribution < -0.4 is 10.6 Å². The molecule has 16 heavy (non-hydrogen) atoms. The smallest absolute Gasteiger partial charge is 0.234 e. The number of nitrogens with one attached hydrogen (secondary N) is 2. The second-order valence-corrected chi connectivity index (χ2v) is 3.36. The van der Waals surface area contributed by atoms with Crippen molar-refractivity contribution in [2.75, 3.05) is 39.3 Å². The summed E-state index contributed by atoms with van der Waals surface area (Å²) >= 11 is 0. The second-order valence-electron chi connectivity index (χ2n) is 3.36. The van der Waals surface area contributed by atoms with Crippen molar-refractivity contribution in [1.82, 2.24) is 15.5 Å². The Hall–Kier alpha value is -0.470. The molecule has 0 aromatic rings. The molecule has 4 nitrogen and oxygen atoms in total. The minimum Gasteiger partial charge on any atom is -0.344 e. The summed E-state index contributed by atoms with van der Waals surface area (Å²) in [6, 6.07) is 0. The lowest BCUT2D eigenvalue weighted by atomic mass is 10.4. The zero-order valence-electron chi connectivity index (χ0n) is 9.20. The van der Waals surface area contributed by atoms with Gasteiger partial charge in [0.25, 0.3) is 0 Å². The summed E-state index contributed by atoms with van der Waals surface area (Å²) in [6.45, 7) is 4.71. The molecule has 1 aliphatic heterocycles. The molecule has 0 spiro atoms. The van der Waals surface area contributed by atoms with Crippen LogP contribution in [0, 0.1) is 12.3 Å². The van der Waals surface area contributed by atoms with Gasteiger partial charge in [0.1, 0.15) is 0 Å². The fourth-order valence-electron chi connectivity index (χ4n) is 1.47. The number of terminal acetylenes is 1. The first-order valence-corrected chi connectivity index (χ1v) is 4.96. The zero-order valence-corrected chi connectivity index (χ0v) is 10.8. The van der Waals surface area contributed by atoms with E-state index in [0.717, 1.165) is 32.6 Å². The second kappa shape index (κ2) is 11.0. The van der Waals surface area contributed by atoms with Gasteiger partial charge in [0.2, 0.25) is 5.91 Å². The number of amides is 1. The molecule has 0 saturated carbocycles. The molecule has 1 saturated heterocycles. The van der Waals surface area contributed by atoms with Crippen LogP contribution in [0.3, 0.4) is 0 Å². The summed E-state index contributed by atoms with van der Waals surface area (Å²) in [7, 11) is 0. The number of carbonyl (C=O) groups is 1. The lowest BCUT2D eigenvalue weighted by Gasteiger charge is -2.18. The highest BCUT2D eigenvalue weighted by Crippen LogP contribution is 1.93. The van der Waals surface area contributed by atoms with Gasteiger partial charge in [-0.15, -0.1) is 31.2 Å². The largest absolute Gasteiger partial charge is 0.344 e. The van der Waals surface area contributed by atoms with Crippen molar-refractivity contribution in [3.8, 4) is 12.3 Å². The predicted octanol–water partition coefficient (Wildman–Crippen LogP) is -0.125. The fraction of sp³-hybridized carbons (Fsp3) is 0.700. The van der Waals surface area contributed by atoms with E-state index in [-0.39, 0.29) is 30.7 Å². The Morgan fingerprint density at radius 2 is 2.12 bits per heavy atom. The SMILES string of the molecule is C#CCNC(=O)CN1CCCNCC1.Cl.Cl. The van der Waals surface area contributed by atoms with Crippen molar-refractivity contribution in [2.45, 2.75) is 6.42 Å². The quantitative estimate of drug-likeness (QED) is 0.701. The van der Waals surface area contributed by atoms with E-state index in [1.54, 1.807) is 0 Å². The van der Waals surface area contributed by atoms with Gasteiger partial charge in [-0.2, -0.15) is 0 Å². The average molecular weight is 268 g/mol. The van der Waals surface area contributed by atoms with Crippen LogP contribution in [0.25, 0.3) is 0 Å². The molecule has 1 rings (SSSR count). The summed E-state index contributed by atoms with van der Waals surface area (Å²) in [5.74, 6) is 2.40. The third-order valence-corrected chi connectivity index (χ3v) is 2.19. The third-order valence-electron chi connectivity index (χ3n) is 2.19. The van der Waals surface area contributed by atoms with E-state index in [4.69, 9.17) is 6.42 Å². The van der Waals surface area contributed by atoms with E-state index < -0.39 is 0 Å². The number of halogens is 2. The maximum Gasteiger partial charge on any atom is 0.234 e. The first-order valence-electron chi connectivity index (χ1n) is 4.96. The first-order chi connectivity index (χ1) is 6.83. The standard InChI is InChI=1S/C10H17N3O.2ClH/c1-2-4-12-10(14)9-13-7-3-5-11-6-8-13;;/h1,11H,3-9H2,(H,12,14);2*1H. The number of hydrogen-bond donors (Lipinski definition) is 2. The van der Waals surface area contributed by atoms with Crippen LogP contribution in [0.2, 0.25) is 0 Å². The molecule has 1 amide bonds. The van der Waals surface area contributed by atoms with Crippen LogP contribution in [-0.2, 0) is 4.79 Å². The lowest BCUT2D eigenvalue weighted by molar-refractivity contribution is -0.121. The minimum absolute atomic E-state index is 0. The number of hydrogen-bond acceptors (Lipinski definition) is 3. The summed E-state index contributed by atoms with van der Waals surface area (Å²) in [5.41, 5.74) is 0. The molecule has 0 radical (unpaired) electrons. The van der Waals surface area contributed by atoms with Crippen LogP contribution in [0.4, 0.5) is 0 Å². The zero-order chi connectivity index (χ0) is 10.2. The molecule has 1 aliphatic rings. The normalized spacial score (nSPS) is 15.9. The maximum atomic E-state index is 11.3. The molecule has 1 heterocycles. The van der Waals surface area contributed by atoms with Crippen molar-refractivity contribution >= 4 is 30.7 Å². The Kier molecular flexibility index (Phi) is 12.3. The molecular weight excluding hydrogens is 249 g/mol. The summed E-state index contributed by atoms with van der Waals surface area (Å²) in [4.78, 5) is 13.5. The molecule has 0 aliphatic carbocycles. The summed E-state index contributed by atoms with van der Waals surface area (Å²) in [6.07, 6.45) is 6.15. The minimum atomic E-state index is 0. The Morgan fingerprint density at radius 1 is 1.38 bits per heavy atom. The monoisotopic (exact) mass is 267 g/mol. The van der Waals surface area contributed by atoms with Crippen LogP contribution in [0.15, 0.2) is 0 Å². The molecule has 1 fully saturated rings. The highest BCUT2D eigenvalue weighted by Gasteiger charge is 2.11. The molecule has 6 heteroatoms. The average Bonchev–Trinajstić information content (AvgIpc) is 2.43. The maximum absolute atomic E-state index is 11.3. The molecule has 94 valence electrons. The molecule has 0 unspecified atom stereocenters. The number of carbonyl (C=O) groups excluding carboxylic acids is 1. The van der Waals surface area contributed by atoms with Gasteiger partial charge < -0.3 is 10.6 Å². The summed E-state index contributed by atoms with van der Waals surface area (Å²) < 4.78 is 0. The highest BCUT2D eigenvalue weighted by molar-refractivity contribution is 5.85. The van der Waals surface area contributed by atoms with E-state index in [0.29, 0.717) is 13.1 Å². The lowest BCUT2D eigenvalue weighted by Crippen LogP contribution is -2.39. The van der Waals surface area contributed by atoms with Crippen molar-refractivity contribution in [1.29, 1.82) is 0 Å². The van der Waals surface area contributed by atoms with Crippen LogP contribution in [-0.4, -0.2) is 50.1 Å². The third kappa shape index (κ3) is 7.77. The van der Waals surface area contributed by atoms with Gasteiger partial charge in [-0.25, -0.2) is 0 Å². The molecular formula is C10H19Cl2N3O. The van der Waals surface area contributed by atoms with Gasteiger partial charge in [0, 0.05) is 13.1 Å². The van der Waals surface area contributed by atoms with Crippen LogP contribution in [0.5, 0.6) is 0 Å². The van der Waals surface area contributed by atoms with E-state index in [2.05, 4.69) is 21.5 Å². The van der Waals surface area contributed by atoms with E-state index >= 15 is 0 Å². The van der Waals surface area contributed by atoms with Crippen molar-refractivity contribution in [3.05, 3.63) is 0 Å². The Balaban J connectivity index is 0. The summed E-state index contributed by atoms with van der Waals surface area (Å²) in [5, 5.41) is 5.95. The number of rotatable bonds is 3. The van der Waals surface area contributed by atoms with Crippen molar-refractivity contribution < 1.29 is 4.79 Å². The first kappa shape index (κ1) is 17.9. The van der Waals surface area contributed by atoms with Gasteiger partial charge in [-0.05, 0) is 19.5 Å². The highest BCUT2D eigenvalue weighted by atomic mass is 35.5. The molecule has 0 atom stereocenters. The van der Waals surface area contributed by atoms with Gasteiger partial charge >= 0.3 is 0 Å². The predicted molar refractivity (Wildman–Crippen MR) is 70.3 cm³/mol. The van der Waals surface area contributed by atoms with Crippen molar-refractivity contribution in [2.24, 2.45) is 0 Å².